The summed E-state index contributed by atoms with van der Waals surface area (Å²) in [5.41, 5.74) is 0. The smallest absolute Gasteiger partial charge is 0.372 e. The highest BCUT2D eigenvalue weighted by atomic mass is 32.1. The van der Waals surface area contributed by atoms with Gasteiger partial charge in [-0.15, -0.1) is 0 Å². The van der Waals surface area contributed by atoms with Crippen molar-refractivity contribution in [3.63, 3.8) is 0 Å². The lowest BCUT2D eigenvalue weighted by atomic mass is 10.4. The SMILES string of the molecule is CO[Si](CCS)(OC)c1ccccc1. The molecule has 2 nitrogen and oxygen atoms in total. The van der Waals surface area contributed by atoms with Crippen molar-refractivity contribution in [2.75, 3.05) is 20.0 Å². The molecule has 1 aromatic rings. The van der Waals surface area contributed by atoms with Gasteiger partial charge in [-0.3, -0.25) is 0 Å². The molecule has 0 saturated heterocycles. The molecule has 0 aliphatic heterocycles. The van der Waals surface area contributed by atoms with Crippen LogP contribution in [0.15, 0.2) is 30.3 Å². The van der Waals surface area contributed by atoms with Crippen LogP contribution in [0.25, 0.3) is 0 Å². The van der Waals surface area contributed by atoms with Gasteiger partial charge >= 0.3 is 8.56 Å². The largest absolute Gasteiger partial charge is 0.394 e. The van der Waals surface area contributed by atoms with Crippen molar-refractivity contribution < 1.29 is 8.85 Å². The summed E-state index contributed by atoms with van der Waals surface area (Å²) in [6.07, 6.45) is 0. The molecule has 0 radical (unpaired) electrons. The zero-order valence-electron chi connectivity index (χ0n) is 8.56. The molecule has 0 aliphatic rings. The third kappa shape index (κ3) is 2.39. The van der Waals surface area contributed by atoms with E-state index in [9.17, 15) is 0 Å². The van der Waals surface area contributed by atoms with E-state index in [4.69, 9.17) is 8.85 Å². The van der Waals surface area contributed by atoms with Crippen molar-refractivity contribution in [3.8, 4) is 0 Å². The Morgan fingerprint density at radius 1 is 1.14 bits per heavy atom. The third-order valence-corrected chi connectivity index (χ3v) is 6.40. The maximum Gasteiger partial charge on any atom is 0.372 e. The maximum absolute atomic E-state index is 5.58. The van der Waals surface area contributed by atoms with Gasteiger partial charge in [0.2, 0.25) is 0 Å². The minimum Gasteiger partial charge on any atom is -0.394 e. The minimum atomic E-state index is -2.20. The molecule has 0 N–H and O–H groups in total. The maximum atomic E-state index is 5.58. The average molecular weight is 228 g/mol. The summed E-state index contributed by atoms with van der Waals surface area (Å²) in [6, 6.07) is 11.0. The third-order valence-electron chi connectivity index (χ3n) is 2.31. The molecular formula is C10H16O2SSi. The van der Waals surface area contributed by atoms with Gasteiger partial charge in [0.05, 0.1) is 0 Å². The summed E-state index contributed by atoms with van der Waals surface area (Å²) in [5.74, 6) is 0.781. The van der Waals surface area contributed by atoms with Gasteiger partial charge in [-0.2, -0.15) is 12.6 Å². The van der Waals surface area contributed by atoms with Crippen molar-refractivity contribution in [2.45, 2.75) is 6.04 Å². The lowest BCUT2D eigenvalue weighted by Crippen LogP contribution is -2.52. The molecule has 0 aromatic heterocycles. The first-order valence-corrected chi connectivity index (χ1v) is 7.21. The molecule has 0 saturated carbocycles. The molecule has 0 fully saturated rings. The number of benzene rings is 1. The second kappa shape index (κ2) is 5.55. The fraction of sp³-hybridized carbons (Fsp3) is 0.400. The van der Waals surface area contributed by atoms with Gasteiger partial charge in [-0.25, -0.2) is 0 Å². The fourth-order valence-electron chi connectivity index (χ4n) is 1.51. The summed E-state index contributed by atoms with van der Waals surface area (Å²) in [7, 11) is 1.23. The van der Waals surface area contributed by atoms with Crippen molar-refractivity contribution in [2.24, 2.45) is 0 Å². The highest BCUT2D eigenvalue weighted by Gasteiger charge is 2.36. The van der Waals surface area contributed by atoms with Crippen LogP contribution in [0.4, 0.5) is 0 Å². The van der Waals surface area contributed by atoms with Gasteiger partial charge in [0, 0.05) is 20.3 Å². The van der Waals surface area contributed by atoms with E-state index in [-0.39, 0.29) is 0 Å². The van der Waals surface area contributed by atoms with Crippen LogP contribution in [0.3, 0.4) is 0 Å². The molecule has 0 heterocycles. The molecule has 4 heteroatoms. The molecule has 0 aliphatic carbocycles. The molecule has 1 aromatic carbocycles. The van der Waals surface area contributed by atoms with Gasteiger partial charge < -0.3 is 8.85 Å². The van der Waals surface area contributed by atoms with Crippen molar-refractivity contribution in [1.29, 1.82) is 0 Å². The van der Waals surface area contributed by atoms with Gasteiger partial charge in [0.1, 0.15) is 0 Å². The van der Waals surface area contributed by atoms with Crippen LogP contribution in [-0.2, 0) is 8.85 Å². The number of hydrogen-bond donors (Lipinski definition) is 1. The molecule has 0 spiro atoms. The second-order valence-corrected chi connectivity index (χ2v) is 6.85. The summed E-state index contributed by atoms with van der Waals surface area (Å²) >= 11 is 4.25. The number of hydrogen-bond acceptors (Lipinski definition) is 3. The minimum absolute atomic E-state index is 0.781. The number of rotatable bonds is 5. The Balaban J connectivity index is 2.98. The van der Waals surface area contributed by atoms with E-state index in [1.54, 1.807) is 14.2 Å². The number of thiol groups is 1. The molecule has 0 bridgehead atoms. The lowest BCUT2D eigenvalue weighted by molar-refractivity contribution is 0.259. The predicted octanol–water partition coefficient (Wildman–Crippen LogP) is 1.56. The van der Waals surface area contributed by atoms with Gasteiger partial charge in [0.25, 0.3) is 0 Å². The molecular weight excluding hydrogens is 212 g/mol. The van der Waals surface area contributed by atoms with E-state index in [2.05, 4.69) is 24.8 Å². The fourth-order valence-corrected chi connectivity index (χ4v) is 4.72. The second-order valence-electron chi connectivity index (χ2n) is 3.00. The summed E-state index contributed by atoms with van der Waals surface area (Å²) in [6.45, 7) is 0. The van der Waals surface area contributed by atoms with Gasteiger partial charge in [-0.05, 0) is 10.9 Å². The quantitative estimate of drug-likeness (QED) is 0.609. The Labute approximate surface area is 91.9 Å². The molecule has 78 valence electrons. The zero-order valence-corrected chi connectivity index (χ0v) is 10.5. The summed E-state index contributed by atoms with van der Waals surface area (Å²) in [5, 5.41) is 1.17. The van der Waals surface area contributed by atoms with E-state index in [1.165, 1.54) is 5.19 Å². The van der Waals surface area contributed by atoms with Gasteiger partial charge in [0.15, 0.2) is 0 Å². The van der Waals surface area contributed by atoms with Crippen LogP contribution in [0, 0.1) is 0 Å². The van der Waals surface area contributed by atoms with Crippen LogP contribution < -0.4 is 5.19 Å². The van der Waals surface area contributed by atoms with Crippen LogP contribution in [-0.4, -0.2) is 28.5 Å². The molecule has 1 rings (SSSR count). The monoisotopic (exact) mass is 228 g/mol. The first kappa shape index (κ1) is 11.8. The topological polar surface area (TPSA) is 18.5 Å². The van der Waals surface area contributed by atoms with E-state index >= 15 is 0 Å². The molecule has 0 atom stereocenters. The summed E-state index contributed by atoms with van der Waals surface area (Å²) < 4.78 is 11.2. The standard InChI is InChI=1S/C10H16O2SSi/c1-11-14(12-2,9-8-13)10-6-4-3-5-7-10/h3-7,13H,8-9H2,1-2H3. The van der Waals surface area contributed by atoms with Crippen molar-refractivity contribution >= 4 is 26.4 Å². The van der Waals surface area contributed by atoms with Gasteiger partial charge in [-0.1, -0.05) is 30.3 Å². The van der Waals surface area contributed by atoms with Crippen molar-refractivity contribution in [3.05, 3.63) is 30.3 Å². The Hall–Kier alpha value is -0.293. The highest BCUT2D eigenvalue weighted by molar-refractivity contribution is 7.80. The summed E-state index contributed by atoms with van der Waals surface area (Å²) in [4.78, 5) is 0. The molecule has 0 amide bonds. The van der Waals surface area contributed by atoms with Crippen LogP contribution in [0.1, 0.15) is 0 Å². The first-order chi connectivity index (χ1) is 6.79. The molecule has 0 unspecified atom stereocenters. The Morgan fingerprint density at radius 2 is 1.71 bits per heavy atom. The van der Waals surface area contributed by atoms with Crippen LogP contribution in [0.5, 0.6) is 0 Å². The Morgan fingerprint density at radius 3 is 2.14 bits per heavy atom. The van der Waals surface area contributed by atoms with E-state index < -0.39 is 8.56 Å². The Kier molecular flexibility index (Phi) is 4.67. The first-order valence-electron chi connectivity index (χ1n) is 4.56. The predicted molar refractivity (Wildman–Crippen MR) is 64.5 cm³/mol. The lowest BCUT2D eigenvalue weighted by Gasteiger charge is -2.26. The van der Waals surface area contributed by atoms with Crippen LogP contribution in [0.2, 0.25) is 6.04 Å². The highest BCUT2D eigenvalue weighted by Crippen LogP contribution is 2.12. The average Bonchev–Trinajstić information content (AvgIpc) is 2.27. The van der Waals surface area contributed by atoms with Crippen LogP contribution >= 0.6 is 12.6 Å². The normalized spacial score (nSPS) is 11.6. The van der Waals surface area contributed by atoms with E-state index in [1.807, 2.05) is 18.2 Å². The van der Waals surface area contributed by atoms with E-state index in [0.717, 1.165) is 11.8 Å². The zero-order chi connectivity index (χ0) is 10.4. The Bertz CT molecular complexity index is 262. The van der Waals surface area contributed by atoms with E-state index in [0.29, 0.717) is 0 Å². The van der Waals surface area contributed by atoms with Crippen molar-refractivity contribution in [1.82, 2.24) is 0 Å². The molecule has 14 heavy (non-hydrogen) atoms.